The Bertz CT molecular complexity index is 244. The second-order valence-electron chi connectivity index (χ2n) is 4.71. The summed E-state index contributed by atoms with van der Waals surface area (Å²) in [4.78, 5) is 11.6. The summed E-state index contributed by atoms with van der Waals surface area (Å²) in [6.07, 6.45) is 3.08. The van der Waals surface area contributed by atoms with Gasteiger partial charge in [0.25, 0.3) is 0 Å². The van der Waals surface area contributed by atoms with E-state index in [4.69, 9.17) is 5.73 Å². The summed E-state index contributed by atoms with van der Waals surface area (Å²) in [5.74, 6) is 0.920. The summed E-state index contributed by atoms with van der Waals surface area (Å²) in [5, 5.41) is 2.84. The van der Waals surface area contributed by atoms with Crippen LogP contribution in [0.2, 0.25) is 0 Å². The maximum absolute atomic E-state index is 11.6. The normalized spacial score (nSPS) is 16.9. The van der Waals surface area contributed by atoms with Gasteiger partial charge in [0.05, 0.1) is 6.04 Å². The molecule has 0 saturated carbocycles. The van der Waals surface area contributed by atoms with Gasteiger partial charge in [-0.25, -0.2) is 0 Å². The third-order valence-corrected chi connectivity index (χ3v) is 3.10. The molecule has 0 spiro atoms. The third-order valence-electron chi connectivity index (χ3n) is 2.29. The molecule has 0 aliphatic carbocycles. The third kappa shape index (κ3) is 7.82. The van der Waals surface area contributed by atoms with E-state index in [0.29, 0.717) is 18.1 Å². The fraction of sp³-hybridized carbons (Fsp3) is 0.909. The Hall–Kier alpha value is -0.420. The lowest BCUT2D eigenvalue weighted by Gasteiger charge is -2.18. The van der Waals surface area contributed by atoms with E-state index in [1.807, 2.05) is 20.8 Å². The van der Waals surface area contributed by atoms with Crippen molar-refractivity contribution >= 4 is 16.7 Å². The van der Waals surface area contributed by atoms with E-state index < -0.39 is 16.8 Å². The van der Waals surface area contributed by atoms with Crippen LogP contribution in [0.5, 0.6) is 0 Å². The van der Waals surface area contributed by atoms with E-state index >= 15 is 0 Å². The van der Waals surface area contributed by atoms with Crippen molar-refractivity contribution < 1.29 is 9.00 Å². The molecule has 96 valence electrons. The first kappa shape index (κ1) is 15.6. The fourth-order valence-corrected chi connectivity index (χ4v) is 2.07. The average molecular weight is 248 g/mol. The topological polar surface area (TPSA) is 72.2 Å². The molecule has 0 fully saturated rings. The molecule has 0 radical (unpaired) electrons. The number of hydrogen-bond acceptors (Lipinski definition) is 3. The molecule has 0 bridgehead atoms. The molecule has 0 rings (SSSR count). The lowest BCUT2D eigenvalue weighted by atomic mass is 10.0. The monoisotopic (exact) mass is 248 g/mol. The van der Waals surface area contributed by atoms with Crippen LogP contribution in [0.25, 0.3) is 0 Å². The molecule has 3 atom stereocenters. The van der Waals surface area contributed by atoms with Crippen LogP contribution >= 0.6 is 0 Å². The molecule has 1 amide bonds. The molecule has 0 aliphatic heterocycles. The van der Waals surface area contributed by atoms with Crippen molar-refractivity contribution in [3.05, 3.63) is 0 Å². The summed E-state index contributed by atoms with van der Waals surface area (Å²) in [6, 6.07) is -0.399. The average Bonchev–Trinajstić information content (AvgIpc) is 2.13. The predicted molar refractivity (Wildman–Crippen MR) is 68.6 cm³/mol. The minimum atomic E-state index is -0.803. The van der Waals surface area contributed by atoms with Crippen LogP contribution in [0.4, 0.5) is 0 Å². The number of nitrogens with two attached hydrogens (primary N) is 1. The fourth-order valence-electron chi connectivity index (χ4n) is 1.38. The zero-order valence-electron chi connectivity index (χ0n) is 10.7. The van der Waals surface area contributed by atoms with Gasteiger partial charge in [0.15, 0.2) is 0 Å². The zero-order chi connectivity index (χ0) is 12.7. The molecule has 0 aliphatic rings. The molecule has 3 N–H and O–H groups in total. The van der Waals surface area contributed by atoms with E-state index in [9.17, 15) is 9.00 Å². The first-order valence-corrected chi connectivity index (χ1v) is 7.41. The Labute approximate surface area is 101 Å². The second-order valence-corrected chi connectivity index (χ2v) is 6.27. The van der Waals surface area contributed by atoms with Gasteiger partial charge in [-0.2, -0.15) is 0 Å². The number of nitrogens with one attached hydrogen (secondary N) is 1. The van der Waals surface area contributed by atoms with Crippen LogP contribution in [-0.4, -0.2) is 34.2 Å². The van der Waals surface area contributed by atoms with E-state index in [0.717, 1.165) is 6.42 Å². The minimum absolute atomic E-state index is 0.0367. The molecule has 3 unspecified atom stereocenters. The summed E-state index contributed by atoms with van der Waals surface area (Å²) in [5.41, 5.74) is 5.75. The van der Waals surface area contributed by atoms with Crippen molar-refractivity contribution in [3.8, 4) is 0 Å². The second kappa shape index (κ2) is 7.79. The van der Waals surface area contributed by atoms with E-state index in [1.165, 1.54) is 0 Å². The van der Waals surface area contributed by atoms with Crippen molar-refractivity contribution in [1.29, 1.82) is 0 Å². The van der Waals surface area contributed by atoms with Crippen molar-refractivity contribution in [2.45, 2.75) is 45.7 Å². The van der Waals surface area contributed by atoms with Gasteiger partial charge in [0.2, 0.25) is 5.91 Å². The van der Waals surface area contributed by atoms with Crippen LogP contribution in [0.3, 0.4) is 0 Å². The first-order valence-electron chi connectivity index (χ1n) is 5.69. The van der Waals surface area contributed by atoms with Crippen molar-refractivity contribution in [3.63, 3.8) is 0 Å². The van der Waals surface area contributed by atoms with Crippen LogP contribution in [0.1, 0.15) is 33.6 Å². The number of carbonyl (C=O) groups excluding carboxylic acids is 1. The van der Waals surface area contributed by atoms with Gasteiger partial charge in [0.1, 0.15) is 0 Å². The molecular formula is C11H24N2O2S. The quantitative estimate of drug-likeness (QED) is 0.694. The highest BCUT2D eigenvalue weighted by Gasteiger charge is 2.16. The SMILES string of the molecule is CC(C)CC(N)C(=O)NC(C)CCS(C)=O. The standard InChI is InChI=1S/C11H24N2O2S/c1-8(2)7-10(12)11(14)13-9(3)5-6-16(4)15/h8-10H,5-7,12H2,1-4H3,(H,13,14). The number of amides is 1. The van der Waals surface area contributed by atoms with Gasteiger partial charge in [-0.3, -0.25) is 9.00 Å². The van der Waals surface area contributed by atoms with Crippen molar-refractivity contribution in [1.82, 2.24) is 5.32 Å². The summed E-state index contributed by atoms with van der Waals surface area (Å²) < 4.78 is 10.9. The maximum Gasteiger partial charge on any atom is 0.237 e. The highest BCUT2D eigenvalue weighted by Crippen LogP contribution is 2.03. The van der Waals surface area contributed by atoms with Crippen LogP contribution in [-0.2, 0) is 15.6 Å². The molecule has 0 aromatic carbocycles. The highest BCUT2D eigenvalue weighted by molar-refractivity contribution is 7.84. The molecule has 5 heteroatoms. The predicted octanol–water partition coefficient (Wildman–Crippen LogP) is 0.633. The number of carbonyl (C=O) groups is 1. The molecule has 0 saturated heterocycles. The number of rotatable bonds is 7. The molecule has 0 heterocycles. The molecule has 16 heavy (non-hydrogen) atoms. The largest absolute Gasteiger partial charge is 0.352 e. The molecule has 0 aromatic heterocycles. The summed E-state index contributed by atoms with van der Waals surface area (Å²) in [7, 11) is -0.803. The lowest BCUT2D eigenvalue weighted by Crippen LogP contribution is -2.45. The zero-order valence-corrected chi connectivity index (χ0v) is 11.5. The highest BCUT2D eigenvalue weighted by atomic mass is 32.2. The molecule has 4 nitrogen and oxygen atoms in total. The lowest BCUT2D eigenvalue weighted by molar-refractivity contribution is -0.123. The van der Waals surface area contributed by atoms with Crippen LogP contribution in [0, 0.1) is 5.92 Å². The molecule has 0 aromatic rings. The summed E-state index contributed by atoms with van der Waals surface area (Å²) in [6.45, 7) is 5.99. The maximum atomic E-state index is 11.6. The first-order chi connectivity index (χ1) is 7.32. The Morgan fingerprint density at radius 1 is 1.38 bits per heavy atom. The minimum Gasteiger partial charge on any atom is -0.352 e. The van der Waals surface area contributed by atoms with Gasteiger partial charge in [-0.05, 0) is 25.7 Å². The van der Waals surface area contributed by atoms with Crippen molar-refractivity contribution in [2.24, 2.45) is 11.7 Å². The Morgan fingerprint density at radius 2 is 1.94 bits per heavy atom. The Morgan fingerprint density at radius 3 is 2.38 bits per heavy atom. The van der Waals surface area contributed by atoms with Crippen LogP contribution < -0.4 is 11.1 Å². The van der Waals surface area contributed by atoms with Gasteiger partial charge in [-0.1, -0.05) is 13.8 Å². The molecular weight excluding hydrogens is 224 g/mol. The van der Waals surface area contributed by atoms with Gasteiger partial charge in [-0.15, -0.1) is 0 Å². The van der Waals surface area contributed by atoms with Gasteiger partial charge >= 0.3 is 0 Å². The summed E-state index contributed by atoms with van der Waals surface area (Å²) >= 11 is 0. The number of hydrogen-bond donors (Lipinski definition) is 2. The van der Waals surface area contributed by atoms with E-state index in [2.05, 4.69) is 5.32 Å². The Balaban J connectivity index is 3.89. The Kier molecular flexibility index (Phi) is 7.58. The smallest absolute Gasteiger partial charge is 0.237 e. The van der Waals surface area contributed by atoms with Crippen molar-refractivity contribution in [2.75, 3.05) is 12.0 Å². The van der Waals surface area contributed by atoms with Gasteiger partial charge < -0.3 is 11.1 Å². The van der Waals surface area contributed by atoms with Gasteiger partial charge in [0, 0.05) is 28.9 Å². The van der Waals surface area contributed by atoms with E-state index in [1.54, 1.807) is 6.26 Å². The van der Waals surface area contributed by atoms with E-state index in [-0.39, 0.29) is 11.9 Å². The van der Waals surface area contributed by atoms with Crippen LogP contribution in [0.15, 0.2) is 0 Å².